The van der Waals surface area contributed by atoms with Gasteiger partial charge in [0.05, 0.1) is 25.2 Å². The summed E-state index contributed by atoms with van der Waals surface area (Å²) in [7, 11) is -2.50. The average Bonchev–Trinajstić information content (AvgIpc) is 3.13. The molecule has 0 fully saturated rings. The first kappa shape index (κ1) is 14.1. The van der Waals surface area contributed by atoms with Gasteiger partial charge in [-0.2, -0.15) is 8.42 Å². The fourth-order valence-corrected chi connectivity index (χ4v) is 4.85. The summed E-state index contributed by atoms with van der Waals surface area (Å²) in [6.07, 6.45) is 5.09. The van der Waals surface area contributed by atoms with Crippen LogP contribution >= 0.6 is 11.3 Å². The van der Waals surface area contributed by atoms with Gasteiger partial charge in [-0.05, 0) is 24.8 Å². The Hall–Kier alpha value is -1.87. The standard InChI is InChI=1S/C12H13N3O4S2/c1-19-12(16)10-7-3-2-4-8(7)20-11(10)15-21(17,18)9-5-13-6-14-9/h5-6,15H,2-4H2,1H3,(H,13,14). The van der Waals surface area contributed by atoms with Crippen LogP contribution in [0.4, 0.5) is 5.00 Å². The number of aromatic amines is 1. The smallest absolute Gasteiger partial charge is 0.341 e. The molecule has 0 aromatic carbocycles. The number of fused-ring (bicyclic) bond motifs is 1. The van der Waals surface area contributed by atoms with Crippen LogP contribution in [0.15, 0.2) is 17.6 Å². The molecule has 9 heteroatoms. The molecule has 0 spiro atoms. The van der Waals surface area contributed by atoms with Crippen molar-refractivity contribution in [2.24, 2.45) is 0 Å². The van der Waals surface area contributed by atoms with E-state index >= 15 is 0 Å². The van der Waals surface area contributed by atoms with Crippen LogP contribution in [-0.4, -0.2) is 31.5 Å². The largest absolute Gasteiger partial charge is 0.465 e. The molecule has 21 heavy (non-hydrogen) atoms. The summed E-state index contributed by atoms with van der Waals surface area (Å²) in [5.74, 6) is -0.517. The van der Waals surface area contributed by atoms with E-state index in [-0.39, 0.29) is 5.03 Å². The predicted octanol–water partition coefficient (Wildman–Crippen LogP) is 1.55. The molecule has 3 rings (SSSR count). The highest BCUT2D eigenvalue weighted by Crippen LogP contribution is 2.40. The molecule has 0 aliphatic heterocycles. The second kappa shape index (κ2) is 5.15. The topological polar surface area (TPSA) is 101 Å². The number of H-pyrrole nitrogens is 1. The van der Waals surface area contributed by atoms with Crippen LogP contribution in [0.2, 0.25) is 0 Å². The van der Waals surface area contributed by atoms with Crippen molar-refractivity contribution in [2.45, 2.75) is 24.3 Å². The molecule has 2 N–H and O–H groups in total. The number of hydrogen-bond acceptors (Lipinski definition) is 6. The number of carbonyl (C=O) groups is 1. The quantitative estimate of drug-likeness (QED) is 0.830. The molecule has 7 nitrogen and oxygen atoms in total. The van der Waals surface area contributed by atoms with Crippen molar-refractivity contribution in [1.82, 2.24) is 9.97 Å². The minimum absolute atomic E-state index is 0.0492. The van der Waals surface area contributed by atoms with E-state index < -0.39 is 16.0 Å². The van der Waals surface area contributed by atoms with Crippen molar-refractivity contribution in [3.63, 3.8) is 0 Å². The Bertz CT molecular complexity index is 778. The molecule has 0 saturated carbocycles. The Kier molecular flexibility index (Phi) is 3.46. The third-order valence-electron chi connectivity index (χ3n) is 3.30. The average molecular weight is 327 g/mol. The number of imidazole rings is 1. The van der Waals surface area contributed by atoms with E-state index in [9.17, 15) is 13.2 Å². The molecule has 2 heterocycles. The molecule has 2 aromatic heterocycles. The van der Waals surface area contributed by atoms with Crippen molar-refractivity contribution in [2.75, 3.05) is 11.8 Å². The number of methoxy groups -OCH3 is 1. The van der Waals surface area contributed by atoms with Crippen LogP contribution < -0.4 is 4.72 Å². The molecule has 112 valence electrons. The van der Waals surface area contributed by atoms with Crippen molar-refractivity contribution in [1.29, 1.82) is 0 Å². The number of esters is 1. The van der Waals surface area contributed by atoms with Gasteiger partial charge >= 0.3 is 5.97 Å². The first-order valence-electron chi connectivity index (χ1n) is 6.27. The van der Waals surface area contributed by atoms with Gasteiger partial charge in [0.1, 0.15) is 5.00 Å². The Balaban J connectivity index is 2.02. The first-order valence-corrected chi connectivity index (χ1v) is 8.57. The number of anilines is 1. The van der Waals surface area contributed by atoms with E-state index in [4.69, 9.17) is 4.74 Å². The Morgan fingerprint density at radius 2 is 2.29 bits per heavy atom. The van der Waals surface area contributed by atoms with Gasteiger partial charge in [0.25, 0.3) is 10.0 Å². The SMILES string of the molecule is COC(=O)c1c(NS(=O)(=O)c2cnc[nH]2)sc2c1CCC2. The molecule has 0 radical (unpaired) electrons. The van der Waals surface area contributed by atoms with Gasteiger partial charge < -0.3 is 9.72 Å². The summed E-state index contributed by atoms with van der Waals surface area (Å²) in [5, 5.41) is 0.257. The number of sulfonamides is 1. The zero-order valence-corrected chi connectivity index (χ0v) is 12.8. The summed E-state index contributed by atoms with van der Waals surface area (Å²) in [4.78, 5) is 19.2. The van der Waals surface area contributed by atoms with Crippen molar-refractivity contribution >= 4 is 32.3 Å². The predicted molar refractivity (Wildman–Crippen MR) is 77.1 cm³/mol. The lowest BCUT2D eigenvalue weighted by molar-refractivity contribution is 0.0601. The van der Waals surface area contributed by atoms with Gasteiger partial charge in [-0.25, -0.2) is 9.78 Å². The molecule has 1 aliphatic carbocycles. The fourth-order valence-electron chi connectivity index (χ4n) is 2.36. The second-order valence-electron chi connectivity index (χ2n) is 4.57. The maximum atomic E-state index is 12.2. The lowest BCUT2D eigenvalue weighted by Gasteiger charge is -2.07. The number of nitrogens with one attached hydrogen (secondary N) is 2. The number of thiophene rings is 1. The molecular formula is C12H13N3O4S2. The number of hydrogen-bond donors (Lipinski definition) is 2. The summed E-state index contributed by atoms with van der Waals surface area (Å²) in [6.45, 7) is 0. The van der Waals surface area contributed by atoms with Crippen molar-refractivity contribution in [3.8, 4) is 0 Å². The molecule has 0 saturated heterocycles. The lowest BCUT2D eigenvalue weighted by atomic mass is 10.1. The maximum Gasteiger partial charge on any atom is 0.341 e. The van der Waals surface area contributed by atoms with Gasteiger partial charge in [-0.1, -0.05) is 0 Å². The molecule has 0 unspecified atom stereocenters. The Morgan fingerprint density at radius 3 is 2.95 bits per heavy atom. The summed E-state index contributed by atoms with van der Waals surface area (Å²) in [5.41, 5.74) is 1.23. The van der Waals surface area contributed by atoms with Crippen LogP contribution in [0, 0.1) is 0 Å². The number of ether oxygens (including phenoxy) is 1. The molecular weight excluding hydrogens is 314 g/mol. The highest BCUT2D eigenvalue weighted by Gasteiger charge is 2.29. The van der Waals surface area contributed by atoms with Crippen LogP contribution in [0.25, 0.3) is 0 Å². The number of rotatable bonds is 4. The molecule has 0 atom stereocenters. The Labute approximate surface area is 125 Å². The summed E-state index contributed by atoms with van der Waals surface area (Å²) >= 11 is 1.29. The van der Waals surface area contributed by atoms with E-state index in [1.54, 1.807) is 0 Å². The van der Waals surface area contributed by atoms with Gasteiger partial charge in [0.2, 0.25) is 0 Å². The molecule has 1 aliphatic rings. The van der Waals surface area contributed by atoms with Gasteiger partial charge in [0, 0.05) is 4.88 Å². The highest BCUT2D eigenvalue weighted by molar-refractivity contribution is 7.92. The normalized spacial score (nSPS) is 14.0. The van der Waals surface area contributed by atoms with E-state index in [0.717, 1.165) is 29.7 Å². The molecule has 0 amide bonds. The third-order valence-corrected chi connectivity index (χ3v) is 5.91. The van der Waals surface area contributed by atoms with Crippen molar-refractivity contribution in [3.05, 3.63) is 28.5 Å². The Morgan fingerprint density at radius 1 is 1.48 bits per heavy atom. The van der Waals surface area contributed by atoms with E-state index in [1.807, 2.05) is 0 Å². The summed E-state index contributed by atoms with van der Waals surface area (Å²) in [6, 6.07) is 0. The van der Waals surface area contributed by atoms with E-state index in [1.165, 1.54) is 31.0 Å². The fraction of sp³-hybridized carbons (Fsp3) is 0.333. The van der Waals surface area contributed by atoms with E-state index in [0.29, 0.717) is 10.6 Å². The van der Waals surface area contributed by atoms with Crippen LogP contribution in [-0.2, 0) is 27.6 Å². The zero-order chi connectivity index (χ0) is 15.0. The van der Waals surface area contributed by atoms with Gasteiger partial charge in [-0.3, -0.25) is 4.72 Å². The summed E-state index contributed by atoms with van der Waals surface area (Å²) < 4.78 is 31.7. The van der Waals surface area contributed by atoms with Crippen LogP contribution in [0.5, 0.6) is 0 Å². The highest BCUT2D eigenvalue weighted by atomic mass is 32.2. The molecule has 2 aromatic rings. The van der Waals surface area contributed by atoms with Crippen LogP contribution in [0.3, 0.4) is 0 Å². The zero-order valence-electron chi connectivity index (χ0n) is 11.2. The lowest BCUT2D eigenvalue weighted by Crippen LogP contribution is -2.15. The minimum atomic E-state index is -3.79. The van der Waals surface area contributed by atoms with Crippen molar-refractivity contribution < 1.29 is 17.9 Å². The molecule has 0 bridgehead atoms. The first-order chi connectivity index (χ1) is 10.0. The third kappa shape index (κ3) is 2.42. The monoisotopic (exact) mass is 327 g/mol. The number of aromatic nitrogens is 2. The minimum Gasteiger partial charge on any atom is -0.465 e. The van der Waals surface area contributed by atoms with Gasteiger partial charge in [0.15, 0.2) is 5.03 Å². The number of aryl methyl sites for hydroxylation is 1. The van der Waals surface area contributed by atoms with Crippen LogP contribution in [0.1, 0.15) is 27.2 Å². The number of nitrogens with zero attached hydrogens (tertiary/aromatic N) is 1. The number of carbonyl (C=O) groups excluding carboxylic acids is 1. The second-order valence-corrected chi connectivity index (χ2v) is 7.33. The van der Waals surface area contributed by atoms with E-state index in [2.05, 4.69) is 14.7 Å². The maximum absolute atomic E-state index is 12.2. The van der Waals surface area contributed by atoms with Gasteiger partial charge in [-0.15, -0.1) is 11.3 Å².